The number of ether oxygens (including phenoxy) is 1. The van der Waals surface area contributed by atoms with Gasteiger partial charge < -0.3 is 19.0 Å². The van der Waals surface area contributed by atoms with E-state index in [4.69, 9.17) is 9.15 Å². The summed E-state index contributed by atoms with van der Waals surface area (Å²) >= 11 is 0. The fraction of sp³-hybridized carbons (Fsp3) is 0.452. The van der Waals surface area contributed by atoms with Crippen LogP contribution in [-0.4, -0.2) is 66.5 Å². The lowest BCUT2D eigenvalue weighted by atomic mass is 9.85. The molecule has 1 N–H and O–H groups in total. The first-order valence-corrected chi connectivity index (χ1v) is 15.8. The Bertz CT molecular complexity index is 1460. The van der Waals surface area contributed by atoms with E-state index in [1.807, 2.05) is 56.0 Å². The molecular formula is C31H38N4O6S. The van der Waals surface area contributed by atoms with Crippen LogP contribution in [0.25, 0.3) is 11.3 Å². The molecule has 1 aromatic heterocycles. The number of nitrogens with one attached hydrogen (secondary N) is 1. The van der Waals surface area contributed by atoms with E-state index in [0.29, 0.717) is 51.0 Å². The molecule has 0 radical (unpaired) electrons. The van der Waals surface area contributed by atoms with Gasteiger partial charge in [-0.05, 0) is 64.2 Å². The van der Waals surface area contributed by atoms with Crippen LogP contribution in [0.3, 0.4) is 0 Å². The lowest BCUT2D eigenvalue weighted by Crippen LogP contribution is -2.54. The quantitative estimate of drug-likeness (QED) is 0.426. The lowest BCUT2D eigenvalue weighted by Gasteiger charge is -2.43. The summed E-state index contributed by atoms with van der Waals surface area (Å²) in [6.45, 7) is 6.68. The molecule has 3 aromatic rings. The molecule has 1 saturated heterocycles. The number of hydrogen-bond acceptors (Lipinski definition) is 7. The van der Waals surface area contributed by atoms with Gasteiger partial charge in [0.2, 0.25) is 15.9 Å². The zero-order valence-corrected chi connectivity index (χ0v) is 25.0. The second-order valence-corrected chi connectivity index (χ2v) is 13.7. The zero-order valence-electron chi connectivity index (χ0n) is 24.2. The molecule has 2 fully saturated rings. The summed E-state index contributed by atoms with van der Waals surface area (Å²) in [5, 5.41) is 0. The summed E-state index contributed by atoms with van der Waals surface area (Å²) in [4.78, 5) is 34.5. The highest BCUT2D eigenvalue weighted by Crippen LogP contribution is 2.33. The molecule has 10 nitrogen and oxygen atoms in total. The number of carbonyl (C=O) groups is 2. The summed E-state index contributed by atoms with van der Waals surface area (Å²) in [5.41, 5.74) is 1.77. The number of rotatable bonds is 6. The van der Waals surface area contributed by atoms with Crippen molar-refractivity contribution in [3.05, 3.63) is 72.8 Å². The average molecular weight is 595 g/mol. The summed E-state index contributed by atoms with van der Waals surface area (Å²) in [6.07, 6.45) is 4.77. The first-order chi connectivity index (χ1) is 20.0. The molecule has 42 heavy (non-hydrogen) atoms. The predicted molar refractivity (Wildman–Crippen MR) is 157 cm³/mol. The summed E-state index contributed by atoms with van der Waals surface area (Å²) in [5.74, 6) is -0.149. The minimum absolute atomic E-state index is 0.0532. The van der Waals surface area contributed by atoms with Crippen LogP contribution in [0.15, 0.2) is 76.6 Å². The molecule has 0 unspecified atom stereocenters. The summed E-state index contributed by atoms with van der Waals surface area (Å²) < 4.78 is 39.6. The van der Waals surface area contributed by atoms with Crippen molar-refractivity contribution in [3.63, 3.8) is 0 Å². The Hall–Kier alpha value is -3.70. The monoisotopic (exact) mass is 594 g/mol. The maximum atomic E-state index is 13.8. The number of aromatic nitrogens is 1. The van der Waals surface area contributed by atoms with E-state index in [2.05, 4.69) is 9.71 Å². The van der Waals surface area contributed by atoms with Gasteiger partial charge in [0.05, 0.1) is 10.9 Å². The standard InChI is InChI=1S/C31H38N4O6S/c1-31(2,3)41-30(37)34-17-18-35(28(19-34)23-7-5-4-6-8-23)29(36)24-9-13-25(14-10-24)33-42(38,39)26-15-11-22(12-16-26)27-20-40-21-32-27/h4-8,11-12,15-16,20-21,24-25,28,33H,9-10,13-14,17-19H2,1-3H3/t24-,25-,28-/m1/s1. The van der Waals surface area contributed by atoms with E-state index in [1.54, 1.807) is 29.2 Å². The molecule has 0 bridgehead atoms. The highest BCUT2D eigenvalue weighted by Gasteiger charge is 2.39. The minimum atomic E-state index is -3.71. The molecule has 1 aliphatic carbocycles. The third-order valence-corrected chi connectivity index (χ3v) is 9.33. The van der Waals surface area contributed by atoms with Crippen LogP contribution in [0.4, 0.5) is 4.79 Å². The summed E-state index contributed by atoms with van der Waals surface area (Å²) in [6, 6.07) is 15.7. The zero-order chi connectivity index (χ0) is 29.9. The van der Waals surface area contributed by atoms with Gasteiger partial charge >= 0.3 is 6.09 Å². The molecule has 224 valence electrons. The molecule has 0 spiro atoms. The van der Waals surface area contributed by atoms with Crippen LogP contribution < -0.4 is 4.72 Å². The van der Waals surface area contributed by atoms with Crippen molar-refractivity contribution in [2.45, 2.75) is 69.0 Å². The molecule has 2 aromatic carbocycles. The van der Waals surface area contributed by atoms with Crippen molar-refractivity contribution < 1.29 is 27.2 Å². The minimum Gasteiger partial charge on any atom is -0.451 e. The average Bonchev–Trinajstić information content (AvgIpc) is 3.52. The number of benzene rings is 2. The van der Waals surface area contributed by atoms with Gasteiger partial charge in [-0.2, -0.15) is 0 Å². The van der Waals surface area contributed by atoms with Gasteiger partial charge in [0.25, 0.3) is 0 Å². The van der Waals surface area contributed by atoms with Crippen molar-refractivity contribution in [2.75, 3.05) is 19.6 Å². The maximum Gasteiger partial charge on any atom is 0.410 e. The van der Waals surface area contributed by atoms with Crippen LogP contribution in [0.2, 0.25) is 0 Å². The van der Waals surface area contributed by atoms with Gasteiger partial charge in [-0.15, -0.1) is 0 Å². The predicted octanol–water partition coefficient (Wildman–Crippen LogP) is 5.00. The number of sulfonamides is 1. The molecule has 2 aliphatic rings. The van der Waals surface area contributed by atoms with Crippen LogP contribution in [0, 0.1) is 5.92 Å². The van der Waals surface area contributed by atoms with Crippen LogP contribution in [0.1, 0.15) is 58.1 Å². The number of oxazole rings is 1. The Morgan fingerprint density at radius 1 is 0.976 bits per heavy atom. The molecule has 1 aliphatic heterocycles. The van der Waals surface area contributed by atoms with Crippen molar-refractivity contribution in [1.29, 1.82) is 0 Å². The van der Waals surface area contributed by atoms with E-state index in [-0.39, 0.29) is 34.9 Å². The Balaban J connectivity index is 1.20. The molecular weight excluding hydrogens is 556 g/mol. The first-order valence-electron chi connectivity index (χ1n) is 14.3. The SMILES string of the molecule is CC(C)(C)OC(=O)N1CCN(C(=O)[C@H]2CC[C@H](NS(=O)(=O)c3ccc(-c4cocn4)cc3)CC2)[C@@H](c2ccccc2)C1. The topological polar surface area (TPSA) is 122 Å². The lowest BCUT2D eigenvalue weighted by molar-refractivity contribution is -0.142. The Kier molecular flexibility index (Phi) is 8.70. The number of nitrogens with zero attached hydrogens (tertiary/aromatic N) is 3. The normalized spacial score (nSPS) is 21.6. The number of hydrogen-bond donors (Lipinski definition) is 1. The smallest absolute Gasteiger partial charge is 0.410 e. The number of piperazine rings is 1. The van der Waals surface area contributed by atoms with Crippen LogP contribution >= 0.6 is 0 Å². The van der Waals surface area contributed by atoms with Crippen molar-refractivity contribution in [2.24, 2.45) is 5.92 Å². The largest absolute Gasteiger partial charge is 0.451 e. The molecule has 2 heterocycles. The highest BCUT2D eigenvalue weighted by molar-refractivity contribution is 7.89. The third-order valence-electron chi connectivity index (χ3n) is 7.79. The number of amides is 2. The van der Waals surface area contributed by atoms with Gasteiger partial charge in [0.15, 0.2) is 6.39 Å². The van der Waals surface area contributed by atoms with Crippen LogP contribution in [-0.2, 0) is 19.6 Å². The molecule has 1 saturated carbocycles. The maximum absolute atomic E-state index is 13.8. The fourth-order valence-electron chi connectivity index (χ4n) is 5.64. The van der Waals surface area contributed by atoms with Crippen molar-refractivity contribution in [1.82, 2.24) is 19.5 Å². The van der Waals surface area contributed by atoms with Gasteiger partial charge in [-0.1, -0.05) is 42.5 Å². The second-order valence-electron chi connectivity index (χ2n) is 12.0. The fourth-order valence-corrected chi connectivity index (χ4v) is 6.94. The molecule has 1 atom stereocenters. The highest BCUT2D eigenvalue weighted by atomic mass is 32.2. The van der Waals surface area contributed by atoms with E-state index in [9.17, 15) is 18.0 Å². The van der Waals surface area contributed by atoms with E-state index in [0.717, 1.165) is 11.1 Å². The Morgan fingerprint density at radius 3 is 2.29 bits per heavy atom. The van der Waals surface area contributed by atoms with E-state index >= 15 is 0 Å². The van der Waals surface area contributed by atoms with Gasteiger partial charge in [-0.3, -0.25) is 4.79 Å². The molecule has 2 amide bonds. The van der Waals surface area contributed by atoms with E-state index < -0.39 is 15.6 Å². The molecule has 11 heteroatoms. The van der Waals surface area contributed by atoms with Gasteiger partial charge in [-0.25, -0.2) is 22.9 Å². The van der Waals surface area contributed by atoms with Crippen molar-refractivity contribution in [3.8, 4) is 11.3 Å². The Morgan fingerprint density at radius 2 is 1.67 bits per heavy atom. The number of carbonyl (C=O) groups excluding carboxylic acids is 2. The second kappa shape index (κ2) is 12.3. The third kappa shape index (κ3) is 7.01. The molecule has 5 rings (SSSR count). The van der Waals surface area contributed by atoms with Gasteiger partial charge in [0, 0.05) is 37.2 Å². The van der Waals surface area contributed by atoms with Crippen molar-refractivity contribution >= 4 is 22.0 Å². The van der Waals surface area contributed by atoms with Crippen LogP contribution in [0.5, 0.6) is 0 Å². The van der Waals surface area contributed by atoms with E-state index in [1.165, 1.54) is 12.7 Å². The Labute approximate surface area is 247 Å². The first kappa shape index (κ1) is 29.8. The summed E-state index contributed by atoms with van der Waals surface area (Å²) in [7, 11) is -3.71. The van der Waals surface area contributed by atoms with Gasteiger partial charge in [0.1, 0.15) is 17.6 Å².